The van der Waals surface area contributed by atoms with Gasteiger partial charge in [-0.2, -0.15) is 0 Å². The van der Waals surface area contributed by atoms with Crippen LogP contribution in [0.25, 0.3) is 5.57 Å². The van der Waals surface area contributed by atoms with Gasteiger partial charge in [-0.3, -0.25) is 9.36 Å². The van der Waals surface area contributed by atoms with E-state index < -0.39 is 7.60 Å². The Morgan fingerprint density at radius 1 is 1.28 bits per heavy atom. The van der Waals surface area contributed by atoms with Crippen molar-refractivity contribution in [2.24, 2.45) is 0 Å². The van der Waals surface area contributed by atoms with Gasteiger partial charge in [-0.05, 0) is 42.2 Å². The van der Waals surface area contributed by atoms with Gasteiger partial charge >= 0.3 is 7.60 Å². The zero-order valence-electron chi connectivity index (χ0n) is 10.3. The summed E-state index contributed by atoms with van der Waals surface area (Å²) in [5.74, 6) is -0.101. The van der Waals surface area contributed by atoms with Crippen molar-refractivity contribution in [3.05, 3.63) is 40.5 Å². The van der Waals surface area contributed by atoms with Crippen LogP contribution in [0.5, 0.6) is 0 Å². The maximum absolute atomic E-state index is 11.6. The average molecular weight is 266 g/mol. The van der Waals surface area contributed by atoms with Crippen LogP contribution in [0.2, 0.25) is 0 Å². The van der Waals surface area contributed by atoms with Crippen LogP contribution in [0.1, 0.15) is 22.3 Å². The van der Waals surface area contributed by atoms with Crippen LogP contribution in [0.15, 0.2) is 18.2 Å². The number of benzene rings is 1. The first-order valence-electron chi connectivity index (χ1n) is 5.65. The van der Waals surface area contributed by atoms with Gasteiger partial charge in [0.05, 0.1) is 6.16 Å². The predicted octanol–water partition coefficient (Wildman–Crippen LogP) is 1.99. The van der Waals surface area contributed by atoms with Crippen molar-refractivity contribution >= 4 is 19.0 Å². The van der Waals surface area contributed by atoms with Crippen LogP contribution in [0.3, 0.4) is 0 Å². The largest absolute Gasteiger partial charge is 0.329 e. The average Bonchev–Trinajstić information content (AvgIpc) is 2.11. The number of ketones is 1. The Morgan fingerprint density at radius 2 is 1.94 bits per heavy atom. The van der Waals surface area contributed by atoms with Crippen LogP contribution in [0, 0.1) is 13.8 Å². The number of hydrogen-bond donors (Lipinski definition) is 2. The van der Waals surface area contributed by atoms with Crippen molar-refractivity contribution in [3.63, 3.8) is 0 Å². The third kappa shape index (κ3) is 2.78. The summed E-state index contributed by atoms with van der Waals surface area (Å²) in [6.07, 6.45) is 1.29. The number of fused-ring (bicyclic) bond motifs is 1. The number of carbonyl (C=O) groups excluding carboxylic acids is 1. The van der Waals surface area contributed by atoms with Crippen molar-refractivity contribution in [3.8, 4) is 0 Å². The molecule has 0 aromatic heterocycles. The van der Waals surface area contributed by atoms with Crippen LogP contribution in [0.4, 0.5) is 0 Å². The van der Waals surface area contributed by atoms with Gasteiger partial charge in [0.1, 0.15) is 0 Å². The molecule has 0 unspecified atom stereocenters. The number of hydrogen-bond acceptors (Lipinski definition) is 2. The molecule has 0 bridgehead atoms. The van der Waals surface area contributed by atoms with E-state index in [1.54, 1.807) is 0 Å². The molecule has 5 heteroatoms. The summed E-state index contributed by atoms with van der Waals surface area (Å²) < 4.78 is 11.1. The summed E-state index contributed by atoms with van der Waals surface area (Å²) in [5, 5.41) is 0. The summed E-state index contributed by atoms with van der Waals surface area (Å²) >= 11 is 0. The fraction of sp³-hybridized carbons (Fsp3) is 0.308. The molecule has 2 rings (SSSR count). The Hall–Kier alpha value is -1.22. The van der Waals surface area contributed by atoms with Gasteiger partial charge in [-0.25, -0.2) is 0 Å². The van der Waals surface area contributed by atoms with Crippen LogP contribution < -0.4 is 0 Å². The molecule has 1 aromatic carbocycles. The highest BCUT2D eigenvalue weighted by Gasteiger charge is 2.25. The van der Waals surface area contributed by atoms with E-state index in [1.807, 2.05) is 26.0 Å². The third-order valence-corrected chi connectivity index (χ3v) is 3.71. The Kier molecular flexibility index (Phi) is 3.28. The van der Waals surface area contributed by atoms with E-state index in [4.69, 9.17) is 9.79 Å². The van der Waals surface area contributed by atoms with Crippen molar-refractivity contribution in [1.29, 1.82) is 0 Å². The Balaban J connectivity index is 2.56. The predicted molar refractivity (Wildman–Crippen MR) is 69.5 cm³/mol. The van der Waals surface area contributed by atoms with E-state index in [1.165, 1.54) is 6.08 Å². The molecule has 4 nitrogen and oxygen atoms in total. The lowest BCUT2D eigenvalue weighted by atomic mass is 9.86. The highest BCUT2D eigenvalue weighted by atomic mass is 31.2. The maximum atomic E-state index is 11.6. The monoisotopic (exact) mass is 266 g/mol. The van der Waals surface area contributed by atoms with E-state index >= 15 is 0 Å². The minimum atomic E-state index is -4.17. The first-order chi connectivity index (χ1) is 8.26. The molecule has 0 spiro atoms. The van der Waals surface area contributed by atoms with Crippen molar-refractivity contribution in [2.75, 3.05) is 6.16 Å². The molecule has 96 valence electrons. The number of allylic oxidation sites excluding steroid dienone is 2. The Bertz CT molecular complexity index is 595. The fourth-order valence-corrected chi connectivity index (χ4v) is 3.20. The molecule has 1 aliphatic rings. The maximum Gasteiger partial charge on any atom is 0.329 e. The summed E-state index contributed by atoms with van der Waals surface area (Å²) in [7, 11) is -4.17. The lowest BCUT2D eigenvalue weighted by molar-refractivity contribution is -0.114. The first-order valence-corrected chi connectivity index (χ1v) is 7.44. The molecule has 0 atom stereocenters. The van der Waals surface area contributed by atoms with Crippen molar-refractivity contribution in [1.82, 2.24) is 0 Å². The highest BCUT2D eigenvalue weighted by molar-refractivity contribution is 7.52. The van der Waals surface area contributed by atoms with Gasteiger partial charge in [-0.1, -0.05) is 17.7 Å². The molecule has 0 radical (unpaired) electrons. The molecule has 0 heterocycles. The Morgan fingerprint density at radius 3 is 2.56 bits per heavy atom. The van der Waals surface area contributed by atoms with Gasteiger partial charge in [-0.15, -0.1) is 0 Å². The van der Waals surface area contributed by atoms with Crippen molar-refractivity contribution < 1.29 is 19.1 Å². The number of rotatable bonds is 2. The molecule has 0 fully saturated rings. The molecular formula is C13H15O4P. The van der Waals surface area contributed by atoms with Gasteiger partial charge in [0, 0.05) is 6.42 Å². The van der Waals surface area contributed by atoms with Crippen LogP contribution in [-0.4, -0.2) is 21.7 Å². The van der Waals surface area contributed by atoms with E-state index in [9.17, 15) is 9.36 Å². The topological polar surface area (TPSA) is 74.6 Å². The highest BCUT2D eigenvalue weighted by Crippen LogP contribution is 2.42. The van der Waals surface area contributed by atoms with E-state index in [0.29, 0.717) is 12.0 Å². The normalized spacial score (nSPS) is 15.3. The fourth-order valence-electron chi connectivity index (χ4n) is 2.51. The quantitative estimate of drug-likeness (QED) is 0.803. The van der Waals surface area contributed by atoms with Crippen LogP contribution in [-0.2, 0) is 15.8 Å². The second-order valence-electron chi connectivity index (χ2n) is 4.75. The van der Waals surface area contributed by atoms with Gasteiger partial charge in [0.15, 0.2) is 5.78 Å². The number of aryl methyl sites for hydroxylation is 2. The molecule has 2 N–H and O–H groups in total. The number of carbonyl (C=O) groups is 1. The summed E-state index contributed by atoms with van der Waals surface area (Å²) in [4.78, 5) is 29.8. The molecule has 0 saturated carbocycles. The van der Waals surface area contributed by atoms with E-state index in [2.05, 4.69) is 0 Å². The van der Waals surface area contributed by atoms with Gasteiger partial charge in [0.2, 0.25) is 0 Å². The van der Waals surface area contributed by atoms with Gasteiger partial charge < -0.3 is 9.79 Å². The molecular weight excluding hydrogens is 251 g/mol. The molecule has 0 saturated heterocycles. The zero-order valence-corrected chi connectivity index (χ0v) is 11.2. The Labute approximate surface area is 106 Å². The summed E-state index contributed by atoms with van der Waals surface area (Å²) in [5.41, 5.74) is 4.15. The lowest BCUT2D eigenvalue weighted by Crippen LogP contribution is -2.13. The summed E-state index contributed by atoms with van der Waals surface area (Å²) in [6.45, 7) is 3.84. The van der Waals surface area contributed by atoms with Crippen LogP contribution >= 0.6 is 7.60 Å². The molecule has 1 aromatic rings. The molecule has 0 amide bonds. The minimum absolute atomic E-state index is 0.101. The van der Waals surface area contributed by atoms with E-state index in [0.717, 1.165) is 22.3 Å². The van der Waals surface area contributed by atoms with E-state index in [-0.39, 0.29) is 11.9 Å². The third-order valence-electron chi connectivity index (χ3n) is 2.96. The summed E-state index contributed by atoms with van der Waals surface area (Å²) in [6, 6.07) is 3.87. The lowest BCUT2D eigenvalue weighted by Gasteiger charge is -2.20. The smallest absolute Gasteiger partial charge is 0.324 e. The first kappa shape index (κ1) is 13.2. The standard InChI is InChI=1S/C13H15O4P/c1-8-3-9(2)13-10(4-8)5-12(14)6-11(13)7-18(15,16)17/h3-4,6H,5,7H2,1-2H3,(H2,15,16,17). The SMILES string of the molecule is Cc1cc(C)c2c(c1)CC(=O)C=C2CP(=O)(O)O. The van der Waals surface area contributed by atoms with Gasteiger partial charge in [0.25, 0.3) is 0 Å². The van der Waals surface area contributed by atoms with Crippen molar-refractivity contribution in [2.45, 2.75) is 20.3 Å². The molecule has 1 aliphatic carbocycles. The zero-order chi connectivity index (χ0) is 13.5. The minimum Gasteiger partial charge on any atom is -0.324 e. The second-order valence-corrected chi connectivity index (χ2v) is 6.40. The molecule has 18 heavy (non-hydrogen) atoms. The molecule has 0 aliphatic heterocycles. The second kappa shape index (κ2) is 4.47.